The molecule has 1 amide bonds. The van der Waals surface area contributed by atoms with Crippen molar-refractivity contribution in [2.24, 2.45) is 0 Å². The van der Waals surface area contributed by atoms with E-state index in [9.17, 15) is 9.59 Å². The lowest BCUT2D eigenvalue weighted by atomic mass is 10.2. The monoisotopic (exact) mass is 246 g/mol. The summed E-state index contributed by atoms with van der Waals surface area (Å²) in [7, 11) is 0. The number of carbonyl (C=O) groups is 1. The molecule has 0 saturated carbocycles. The fourth-order valence-electron chi connectivity index (χ4n) is 1.63. The van der Waals surface area contributed by atoms with Gasteiger partial charge >= 0.3 is 0 Å². The van der Waals surface area contributed by atoms with Gasteiger partial charge in [-0.3, -0.25) is 9.59 Å². The molecular formula is C12H14N4O2. The number of H-pyrrole nitrogens is 2. The minimum Gasteiger partial charge on any atom is -0.347 e. The standard InChI is InChI=1S/C12H14N4O2/c1-2-9(11-13-5-6-14-11)16-12(18)8-3-4-10(17)15-7-8/h3-7,9H,2H2,1H3,(H,13,14)(H,15,17)(H,16,18). The zero-order chi connectivity index (χ0) is 13.0. The third kappa shape index (κ3) is 2.65. The Hall–Kier alpha value is -2.37. The van der Waals surface area contributed by atoms with Crippen molar-refractivity contribution >= 4 is 5.91 Å². The van der Waals surface area contributed by atoms with E-state index in [-0.39, 0.29) is 17.5 Å². The van der Waals surface area contributed by atoms with E-state index in [1.807, 2.05) is 6.92 Å². The molecule has 0 spiro atoms. The molecule has 0 bridgehead atoms. The first kappa shape index (κ1) is 12.1. The smallest absolute Gasteiger partial charge is 0.253 e. The molecule has 0 aromatic carbocycles. The summed E-state index contributed by atoms with van der Waals surface area (Å²) in [6, 6.07) is 2.64. The van der Waals surface area contributed by atoms with Crippen molar-refractivity contribution in [2.75, 3.05) is 0 Å². The number of carbonyl (C=O) groups excluding carboxylic acids is 1. The van der Waals surface area contributed by atoms with Crippen LogP contribution in [-0.2, 0) is 0 Å². The maximum atomic E-state index is 11.9. The van der Waals surface area contributed by atoms with Gasteiger partial charge in [-0.05, 0) is 12.5 Å². The summed E-state index contributed by atoms with van der Waals surface area (Å²) < 4.78 is 0. The second-order valence-corrected chi connectivity index (χ2v) is 3.85. The van der Waals surface area contributed by atoms with E-state index in [0.717, 1.165) is 12.2 Å². The largest absolute Gasteiger partial charge is 0.347 e. The van der Waals surface area contributed by atoms with Crippen LogP contribution in [0.25, 0.3) is 0 Å². The van der Waals surface area contributed by atoms with Crippen LogP contribution in [0.3, 0.4) is 0 Å². The first-order valence-corrected chi connectivity index (χ1v) is 5.69. The molecule has 0 aliphatic rings. The molecule has 3 N–H and O–H groups in total. The Morgan fingerprint density at radius 3 is 2.83 bits per heavy atom. The quantitative estimate of drug-likeness (QED) is 0.751. The molecule has 2 aromatic heterocycles. The van der Waals surface area contributed by atoms with Crippen molar-refractivity contribution < 1.29 is 4.79 Å². The summed E-state index contributed by atoms with van der Waals surface area (Å²) in [5.41, 5.74) is 0.184. The zero-order valence-electron chi connectivity index (χ0n) is 9.93. The lowest BCUT2D eigenvalue weighted by Crippen LogP contribution is -2.29. The van der Waals surface area contributed by atoms with E-state index in [4.69, 9.17) is 0 Å². The summed E-state index contributed by atoms with van der Waals surface area (Å²) in [6.45, 7) is 1.96. The number of hydrogen-bond acceptors (Lipinski definition) is 3. The first-order valence-electron chi connectivity index (χ1n) is 5.69. The number of rotatable bonds is 4. The van der Waals surface area contributed by atoms with Gasteiger partial charge in [-0.1, -0.05) is 6.92 Å². The van der Waals surface area contributed by atoms with Gasteiger partial charge in [-0.15, -0.1) is 0 Å². The van der Waals surface area contributed by atoms with Crippen LogP contribution in [-0.4, -0.2) is 20.9 Å². The number of imidazole rings is 1. The van der Waals surface area contributed by atoms with Crippen LogP contribution >= 0.6 is 0 Å². The molecule has 2 heterocycles. The number of aromatic amines is 2. The van der Waals surface area contributed by atoms with Crippen LogP contribution in [0.15, 0.2) is 35.5 Å². The molecule has 1 unspecified atom stereocenters. The summed E-state index contributed by atoms with van der Waals surface area (Å²) in [5.74, 6) is 0.477. The first-order chi connectivity index (χ1) is 8.70. The van der Waals surface area contributed by atoms with Crippen LogP contribution in [0.2, 0.25) is 0 Å². The molecular weight excluding hydrogens is 232 g/mol. The summed E-state index contributed by atoms with van der Waals surface area (Å²) in [4.78, 5) is 32.4. The van der Waals surface area contributed by atoms with E-state index in [0.29, 0.717) is 5.56 Å². The van der Waals surface area contributed by atoms with Gasteiger partial charge < -0.3 is 15.3 Å². The Bertz CT molecular complexity index is 554. The number of nitrogens with zero attached hydrogens (tertiary/aromatic N) is 1. The van der Waals surface area contributed by atoms with Crippen LogP contribution in [0.5, 0.6) is 0 Å². The number of aromatic nitrogens is 3. The van der Waals surface area contributed by atoms with Gasteiger partial charge in [0.1, 0.15) is 5.82 Å². The summed E-state index contributed by atoms with van der Waals surface area (Å²) >= 11 is 0. The average Bonchev–Trinajstić information content (AvgIpc) is 2.90. The van der Waals surface area contributed by atoms with Gasteiger partial charge in [-0.2, -0.15) is 0 Å². The molecule has 6 nitrogen and oxygen atoms in total. The van der Waals surface area contributed by atoms with Crippen LogP contribution < -0.4 is 10.9 Å². The van der Waals surface area contributed by atoms with Crippen LogP contribution in [0, 0.1) is 0 Å². The molecule has 94 valence electrons. The summed E-state index contributed by atoms with van der Waals surface area (Å²) in [5, 5.41) is 2.85. The highest BCUT2D eigenvalue weighted by molar-refractivity contribution is 5.94. The highest BCUT2D eigenvalue weighted by atomic mass is 16.2. The molecule has 0 aliphatic carbocycles. The van der Waals surface area contributed by atoms with Gasteiger partial charge in [0.2, 0.25) is 5.56 Å². The van der Waals surface area contributed by atoms with E-state index in [2.05, 4.69) is 20.3 Å². The third-order valence-electron chi connectivity index (χ3n) is 2.61. The maximum absolute atomic E-state index is 11.9. The molecule has 0 radical (unpaired) electrons. The van der Waals surface area contributed by atoms with E-state index in [1.54, 1.807) is 12.4 Å². The Morgan fingerprint density at radius 2 is 2.28 bits per heavy atom. The lowest BCUT2D eigenvalue weighted by molar-refractivity contribution is 0.0933. The molecule has 18 heavy (non-hydrogen) atoms. The minimum absolute atomic E-state index is 0.167. The van der Waals surface area contributed by atoms with Gasteiger partial charge in [0.15, 0.2) is 0 Å². The minimum atomic E-state index is -0.241. The molecule has 1 atom stereocenters. The molecule has 2 rings (SSSR count). The number of amides is 1. The lowest BCUT2D eigenvalue weighted by Gasteiger charge is -2.14. The highest BCUT2D eigenvalue weighted by Crippen LogP contribution is 2.12. The molecule has 6 heteroatoms. The predicted octanol–water partition coefficient (Wildman–Crippen LogP) is 0.979. The number of hydrogen-bond donors (Lipinski definition) is 3. The third-order valence-corrected chi connectivity index (χ3v) is 2.61. The van der Waals surface area contributed by atoms with Crippen LogP contribution in [0.1, 0.15) is 35.6 Å². The normalized spacial score (nSPS) is 12.1. The molecule has 2 aromatic rings. The maximum Gasteiger partial charge on any atom is 0.253 e. The fourth-order valence-corrected chi connectivity index (χ4v) is 1.63. The van der Waals surface area contributed by atoms with Crippen LogP contribution in [0.4, 0.5) is 0 Å². The topological polar surface area (TPSA) is 90.6 Å². The van der Waals surface area contributed by atoms with Crippen molar-refractivity contribution in [3.63, 3.8) is 0 Å². The van der Waals surface area contributed by atoms with E-state index < -0.39 is 0 Å². The van der Waals surface area contributed by atoms with Crippen molar-refractivity contribution in [3.8, 4) is 0 Å². The Kier molecular flexibility index (Phi) is 3.57. The Balaban J connectivity index is 2.10. The highest BCUT2D eigenvalue weighted by Gasteiger charge is 2.15. The molecule has 0 saturated heterocycles. The Morgan fingerprint density at radius 1 is 1.44 bits per heavy atom. The molecule has 0 fully saturated rings. The number of pyridine rings is 1. The van der Waals surface area contributed by atoms with Gasteiger partial charge in [-0.25, -0.2) is 4.98 Å². The van der Waals surface area contributed by atoms with Crippen molar-refractivity contribution in [2.45, 2.75) is 19.4 Å². The zero-order valence-corrected chi connectivity index (χ0v) is 9.93. The Labute approximate surface area is 103 Å². The number of nitrogens with one attached hydrogen (secondary N) is 3. The summed E-state index contributed by atoms with van der Waals surface area (Å²) in [6.07, 6.45) is 5.48. The van der Waals surface area contributed by atoms with E-state index in [1.165, 1.54) is 18.3 Å². The molecule has 0 aliphatic heterocycles. The fraction of sp³-hybridized carbons (Fsp3) is 0.250. The second-order valence-electron chi connectivity index (χ2n) is 3.85. The average molecular weight is 246 g/mol. The SMILES string of the molecule is CCC(NC(=O)c1ccc(=O)[nH]c1)c1ncc[nH]1. The van der Waals surface area contributed by atoms with Gasteiger partial charge in [0.25, 0.3) is 5.91 Å². The van der Waals surface area contributed by atoms with Gasteiger partial charge in [0.05, 0.1) is 11.6 Å². The predicted molar refractivity (Wildman–Crippen MR) is 66.1 cm³/mol. The van der Waals surface area contributed by atoms with Crippen molar-refractivity contribution in [1.29, 1.82) is 0 Å². The van der Waals surface area contributed by atoms with E-state index >= 15 is 0 Å². The second kappa shape index (κ2) is 5.31. The van der Waals surface area contributed by atoms with Gasteiger partial charge in [0, 0.05) is 24.7 Å². The van der Waals surface area contributed by atoms with Crippen molar-refractivity contribution in [3.05, 3.63) is 52.5 Å². The van der Waals surface area contributed by atoms with Crippen molar-refractivity contribution in [1.82, 2.24) is 20.3 Å².